The average molecular weight is 340 g/mol. The third-order valence-electron chi connectivity index (χ3n) is 1.75. The summed E-state index contributed by atoms with van der Waals surface area (Å²) in [5.74, 6) is 0. The molecule has 0 aromatic heterocycles. The molecular formula is C10H34N2O6P2. The van der Waals surface area contributed by atoms with Gasteiger partial charge in [0.2, 0.25) is 0 Å². The van der Waals surface area contributed by atoms with Gasteiger partial charge in [0.15, 0.2) is 0 Å². The Morgan fingerprint density at radius 2 is 1.15 bits per heavy atom. The van der Waals surface area contributed by atoms with Gasteiger partial charge in [0.1, 0.15) is 12.6 Å². The highest BCUT2D eigenvalue weighted by atomic mass is 31.2. The van der Waals surface area contributed by atoms with Crippen LogP contribution in [0.4, 0.5) is 0 Å². The Hall–Kier alpha value is 0.220. The molecule has 8 nitrogen and oxygen atoms in total. The summed E-state index contributed by atoms with van der Waals surface area (Å²) in [5.41, 5.74) is 0. The quantitative estimate of drug-likeness (QED) is 0.410. The largest absolute Gasteiger partial charge is 0.339 e. The predicted octanol–water partition coefficient (Wildman–Crippen LogP) is 2.01. The molecule has 0 unspecified atom stereocenters. The zero-order chi connectivity index (χ0) is 13.0. The molecule has 0 bridgehead atoms. The van der Waals surface area contributed by atoms with Crippen LogP contribution in [0.15, 0.2) is 0 Å². The van der Waals surface area contributed by atoms with Crippen LogP contribution in [0.2, 0.25) is 0 Å². The van der Waals surface area contributed by atoms with E-state index in [0.29, 0.717) is 6.54 Å². The van der Waals surface area contributed by atoms with E-state index in [1.54, 1.807) is 11.9 Å². The molecule has 130 valence electrons. The third-order valence-corrected chi connectivity index (χ3v) is 3.29. The molecule has 0 atom stereocenters. The Balaban J connectivity index is -0.000000187. The maximum Gasteiger partial charge on any atom is 0.339 e. The fourth-order valence-corrected chi connectivity index (χ4v) is 2.68. The Kier molecular flexibility index (Phi) is 20.8. The first-order valence-electron chi connectivity index (χ1n) is 4.53. The smallest absolute Gasteiger partial charge is 0.324 e. The second-order valence-corrected chi connectivity index (χ2v) is 6.82. The lowest BCUT2D eigenvalue weighted by Gasteiger charge is -2.27. The van der Waals surface area contributed by atoms with E-state index in [-0.39, 0.29) is 36.4 Å². The standard InChI is InChI=1S/C6H18N2O6P2.4CH4/c1-3-7(2)4-8(5-15(9,10)11)6-16(12,13)14;;;;/h3-6H2,1-2H3,(H2,9,10,11)(H2,12,13,14);4*1H4. The Labute approximate surface area is 124 Å². The van der Waals surface area contributed by atoms with E-state index in [9.17, 15) is 9.13 Å². The van der Waals surface area contributed by atoms with E-state index in [0.717, 1.165) is 4.90 Å². The van der Waals surface area contributed by atoms with Crippen molar-refractivity contribution in [1.29, 1.82) is 0 Å². The van der Waals surface area contributed by atoms with Gasteiger partial charge < -0.3 is 19.6 Å². The van der Waals surface area contributed by atoms with Gasteiger partial charge in [0.05, 0.1) is 6.67 Å². The van der Waals surface area contributed by atoms with Crippen LogP contribution in [0.25, 0.3) is 0 Å². The zero-order valence-electron chi connectivity index (χ0n) is 9.22. The zero-order valence-corrected chi connectivity index (χ0v) is 11.0. The molecule has 0 aliphatic carbocycles. The molecule has 0 amide bonds. The number of rotatable bonds is 7. The Morgan fingerprint density at radius 1 is 0.850 bits per heavy atom. The second-order valence-electron chi connectivity index (χ2n) is 3.60. The predicted molar refractivity (Wildman–Crippen MR) is 85.8 cm³/mol. The van der Waals surface area contributed by atoms with E-state index < -0.39 is 27.8 Å². The summed E-state index contributed by atoms with van der Waals surface area (Å²) in [4.78, 5) is 37.8. The molecule has 4 N–H and O–H groups in total. The Bertz CT molecular complexity index is 280. The highest BCUT2D eigenvalue weighted by Crippen LogP contribution is 2.40. The van der Waals surface area contributed by atoms with Crippen molar-refractivity contribution in [2.75, 3.05) is 32.8 Å². The van der Waals surface area contributed by atoms with Gasteiger partial charge in [0.25, 0.3) is 0 Å². The first-order valence-corrected chi connectivity index (χ1v) is 8.13. The van der Waals surface area contributed by atoms with Crippen molar-refractivity contribution in [1.82, 2.24) is 9.80 Å². The lowest BCUT2D eigenvalue weighted by atomic mass is 10.6. The number of hydrogen-bond donors (Lipinski definition) is 4. The van der Waals surface area contributed by atoms with Crippen LogP contribution < -0.4 is 0 Å². The van der Waals surface area contributed by atoms with Gasteiger partial charge in [-0.2, -0.15) is 0 Å². The molecule has 0 spiro atoms. The summed E-state index contributed by atoms with van der Waals surface area (Å²) in [6.45, 7) is 2.53. The molecule has 0 aliphatic heterocycles. The molecular weight excluding hydrogens is 306 g/mol. The molecule has 0 rings (SSSR count). The van der Waals surface area contributed by atoms with Crippen molar-refractivity contribution >= 4 is 15.2 Å². The maximum absolute atomic E-state index is 10.8. The van der Waals surface area contributed by atoms with Crippen molar-refractivity contribution in [2.45, 2.75) is 36.6 Å². The molecule has 0 fully saturated rings. The van der Waals surface area contributed by atoms with Crippen LogP contribution >= 0.6 is 15.2 Å². The summed E-state index contributed by atoms with van der Waals surface area (Å²) in [6.07, 6.45) is -1.33. The molecule has 0 aromatic carbocycles. The molecule has 0 saturated heterocycles. The average Bonchev–Trinajstić information content (AvgIpc) is 1.97. The number of nitrogens with zero attached hydrogens (tertiary/aromatic N) is 2. The van der Waals surface area contributed by atoms with Crippen LogP contribution in [0.3, 0.4) is 0 Å². The van der Waals surface area contributed by atoms with Gasteiger partial charge in [-0.05, 0) is 13.6 Å². The first-order chi connectivity index (χ1) is 7.03. The maximum atomic E-state index is 10.8. The van der Waals surface area contributed by atoms with Crippen LogP contribution in [0.5, 0.6) is 0 Å². The summed E-state index contributed by atoms with van der Waals surface area (Å²) in [5, 5.41) is 0. The summed E-state index contributed by atoms with van der Waals surface area (Å²) < 4.78 is 21.6. The molecule has 20 heavy (non-hydrogen) atoms. The summed E-state index contributed by atoms with van der Waals surface area (Å²) >= 11 is 0. The van der Waals surface area contributed by atoms with Gasteiger partial charge in [-0.1, -0.05) is 36.6 Å². The van der Waals surface area contributed by atoms with E-state index in [2.05, 4.69) is 0 Å². The van der Waals surface area contributed by atoms with Crippen LogP contribution in [-0.2, 0) is 9.13 Å². The van der Waals surface area contributed by atoms with Crippen LogP contribution in [0.1, 0.15) is 36.6 Å². The van der Waals surface area contributed by atoms with Crippen LogP contribution in [0, 0.1) is 0 Å². The minimum Gasteiger partial charge on any atom is -0.324 e. The minimum atomic E-state index is -4.32. The molecule has 0 aliphatic rings. The second kappa shape index (κ2) is 12.9. The first kappa shape index (κ1) is 32.2. The molecule has 0 saturated carbocycles. The van der Waals surface area contributed by atoms with Gasteiger partial charge in [-0.3, -0.25) is 18.9 Å². The lowest BCUT2D eigenvalue weighted by molar-refractivity contribution is 0.180. The third kappa shape index (κ3) is 20.5. The van der Waals surface area contributed by atoms with Gasteiger partial charge in [0, 0.05) is 0 Å². The van der Waals surface area contributed by atoms with Gasteiger partial charge in [-0.15, -0.1) is 0 Å². The van der Waals surface area contributed by atoms with Crippen molar-refractivity contribution in [3.05, 3.63) is 0 Å². The van der Waals surface area contributed by atoms with Crippen molar-refractivity contribution in [3.8, 4) is 0 Å². The number of hydrogen-bond acceptors (Lipinski definition) is 4. The fraction of sp³-hybridized carbons (Fsp3) is 1.00. The van der Waals surface area contributed by atoms with Crippen molar-refractivity contribution < 1.29 is 28.7 Å². The molecule has 0 radical (unpaired) electrons. The highest BCUT2D eigenvalue weighted by Gasteiger charge is 2.26. The van der Waals surface area contributed by atoms with E-state index in [1.165, 1.54) is 0 Å². The lowest BCUT2D eigenvalue weighted by Crippen LogP contribution is -2.36. The molecule has 0 heterocycles. The Morgan fingerprint density at radius 3 is 1.35 bits per heavy atom. The SMILES string of the molecule is C.C.C.C.CCN(C)CN(CP(=O)(O)O)CP(=O)(O)O. The molecule has 0 aromatic rings. The van der Waals surface area contributed by atoms with Crippen molar-refractivity contribution in [2.24, 2.45) is 0 Å². The highest BCUT2D eigenvalue weighted by molar-refractivity contribution is 7.52. The normalized spacial score (nSPS) is 11.0. The van der Waals surface area contributed by atoms with E-state index >= 15 is 0 Å². The fourth-order valence-electron chi connectivity index (χ4n) is 1.10. The summed E-state index contributed by atoms with van der Waals surface area (Å²) in [7, 11) is -6.95. The van der Waals surface area contributed by atoms with Crippen molar-refractivity contribution in [3.63, 3.8) is 0 Å². The van der Waals surface area contributed by atoms with Crippen LogP contribution in [-0.4, -0.2) is 62.2 Å². The van der Waals surface area contributed by atoms with Gasteiger partial charge in [-0.25, -0.2) is 0 Å². The molecule has 10 heteroatoms. The van der Waals surface area contributed by atoms with E-state index in [4.69, 9.17) is 19.6 Å². The minimum absolute atomic E-state index is 0. The van der Waals surface area contributed by atoms with E-state index in [1.807, 2.05) is 6.92 Å². The van der Waals surface area contributed by atoms with Gasteiger partial charge >= 0.3 is 15.2 Å². The topological polar surface area (TPSA) is 122 Å². The summed E-state index contributed by atoms with van der Waals surface area (Å²) in [6, 6.07) is 0. The monoisotopic (exact) mass is 340 g/mol.